The van der Waals surface area contributed by atoms with E-state index < -0.39 is 17.3 Å². The number of fused-ring (bicyclic) bond motifs is 1. The molecule has 0 unspecified atom stereocenters. The third-order valence-electron chi connectivity index (χ3n) is 7.11. The first-order valence-corrected chi connectivity index (χ1v) is 14.0. The van der Waals surface area contributed by atoms with Crippen LogP contribution < -0.4 is 16.2 Å². The summed E-state index contributed by atoms with van der Waals surface area (Å²) < 4.78 is 23.1. The van der Waals surface area contributed by atoms with Crippen LogP contribution in [0.5, 0.6) is 0 Å². The van der Waals surface area contributed by atoms with Crippen LogP contribution in [0, 0.1) is 12.7 Å². The Morgan fingerprint density at radius 3 is 2.76 bits per heavy atom. The summed E-state index contributed by atoms with van der Waals surface area (Å²) in [5, 5.41) is 18.0. The van der Waals surface area contributed by atoms with Gasteiger partial charge in [0.05, 0.1) is 35.2 Å². The monoisotopic (exact) mass is 573 g/mol. The Morgan fingerprint density at radius 2 is 1.95 bits per heavy atom. The van der Waals surface area contributed by atoms with Gasteiger partial charge in [0.25, 0.3) is 11.5 Å². The molecule has 0 spiro atoms. The van der Waals surface area contributed by atoms with E-state index in [-0.39, 0.29) is 11.4 Å². The second-order valence-electron chi connectivity index (χ2n) is 9.85. The lowest BCUT2D eigenvalue weighted by molar-refractivity contribution is 0.0331. The number of ether oxygens (including phenoxy) is 1. The van der Waals surface area contributed by atoms with Gasteiger partial charge < -0.3 is 15.4 Å². The molecule has 2 aromatic carbocycles. The van der Waals surface area contributed by atoms with Gasteiger partial charge in [0, 0.05) is 43.0 Å². The molecule has 0 atom stereocenters. The number of aromatic amines is 1. The van der Waals surface area contributed by atoms with Crippen molar-refractivity contribution >= 4 is 44.5 Å². The number of nitrogens with zero attached hydrogens (tertiary/aromatic N) is 4. The Kier molecular flexibility index (Phi) is 7.35. The van der Waals surface area contributed by atoms with E-state index in [1.54, 1.807) is 29.8 Å². The van der Waals surface area contributed by atoms with Gasteiger partial charge in [-0.05, 0) is 48.2 Å². The second-order valence-corrected chi connectivity index (χ2v) is 10.9. The quantitative estimate of drug-likeness (QED) is 0.259. The van der Waals surface area contributed by atoms with Gasteiger partial charge >= 0.3 is 0 Å². The van der Waals surface area contributed by atoms with Crippen molar-refractivity contribution in [2.24, 2.45) is 7.05 Å². The molecule has 1 aliphatic heterocycles. The maximum atomic E-state index is 14.9. The smallest absolute Gasteiger partial charge is 0.287 e. The fourth-order valence-corrected chi connectivity index (χ4v) is 5.81. The summed E-state index contributed by atoms with van der Waals surface area (Å²) in [5.74, 6) is -0.444. The number of thiophene rings is 1. The molecule has 5 aromatic rings. The molecule has 1 aliphatic rings. The van der Waals surface area contributed by atoms with Gasteiger partial charge in [-0.25, -0.2) is 9.49 Å². The van der Waals surface area contributed by atoms with E-state index in [9.17, 15) is 14.0 Å². The van der Waals surface area contributed by atoms with Crippen molar-refractivity contribution in [1.82, 2.24) is 24.9 Å². The Hall–Kier alpha value is -4.39. The highest BCUT2D eigenvalue weighted by Gasteiger charge is 2.19. The van der Waals surface area contributed by atoms with Gasteiger partial charge in [0.1, 0.15) is 11.5 Å². The lowest BCUT2D eigenvalue weighted by Gasteiger charge is -2.26. The average Bonchev–Trinajstić information content (AvgIpc) is 3.56. The van der Waals surface area contributed by atoms with Crippen LogP contribution in [0.1, 0.15) is 20.9 Å². The number of anilines is 3. The van der Waals surface area contributed by atoms with E-state index in [0.29, 0.717) is 40.7 Å². The standard InChI is InChI=1S/C29H28FN7O3S/c1-17-20(7-8-21(30)27(17)32-29(39)25-13-18-5-3-4-6-24(18)41-25)22-15-23(28(38)34-33-22)31-26-14-19(36(2)35-26)16-37-9-11-40-12-10-37/h3-8,13-15H,9-12,16H2,1-2H3,(H,32,39)(H,34,38)(H,31,33,35). The number of rotatable bonds is 7. The number of aromatic nitrogens is 4. The predicted octanol–water partition coefficient (Wildman–Crippen LogP) is 4.66. The number of hydrogen-bond donors (Lipinski definition) is 3. The number of H-pyrrole nitrogens is 1. The zero-order chi connectivity index (χ0) is 28.5. The first-order valence-electron chi connectivity index (χ1n) is 13.1. The topological polar surface area (TPSA) is 117 Å². The molecular formula is C29H28FN7O3S. The van der Waals surface area contributed by atoms with Crippen molar-refractivity contribution < 1.29 is 13.9 Å². The predicted molar refractivity (Wildman–Crippen MR) is 157 cm³/mol. The highest BCUT2D eigenvalue weighted by atomic mass is 32.1. The molecule has 0 radical (unpaired) electrons. The lowest BCUT2D eigenvalue weighted by atomic mass is 10.0. The van der Waals surface area contributed by atoms with Crippen LogP contribution in [0.25, 0.3) is 21.3 Å². The number of morpholine rings is 1. The minimum absolute atomic E-state index is 0.0601. The minimum atomic E-state index is -0.565. The summed E-state index contributed by atoms with van der Waals surface area (Å²) >= 11 is 1.34. The van der Waals surface area contributed by atoms with E-state index in [1.807, 2.05) is 37.4 Å². The Labute approximate surface area is 238 Å². The van der Waals surface area contributed by atoms with E-state index in [2.05, 4.69) is 30.8 Å². The average molecular weight is 574 g/mol. The summed E-state index contributed by atoms with van der Waals surface area (Å²) in [6.45, 7) is 5.54. The molecule has 3 N–H and O–H groups in total. The largest absolute Gasteiger partial charge is 0.379 e. The Balaban J connectivity index is 1.24. The van der Waals surface area contributed by atoms with Crippen molar-refractivity contribution in [3.8, 4) is 11.3 Å². The van der Waals surface area contributed by atoms with Crippen LogP contribution in [0.4, 0.5) is 21.6 Å². The number of nitrogens with one attached hydrogen (secondary N) is 3. The molecule has 0 bridgehead atoms. The molecule has 1 amide bonds. The molecule has 0 aliphatic carbocycles. The molecule has 0 saturated carbocycles. The van der Waals surface area contributed by atoms with Gasteiger partial charge in [0.2, 0.25) is 0 Å². The van der Waals surface area contributed by atoms with Crippen LogP contribution in [-0.4, -0.2) is 57.1 Å². The van der Waals surface area contributed by atoms with Gasteiger partial charge in [-0.15, -0.1) is 11.3 Å². The van der Waals surface area contributed by atoms with Crippen LogP contribution in [0.2, 0.25) is 0 Å². The number of hydrogen-bond acceptors (Lipinski definition) is 8. The SMILES string of the molecule is Cc1c(-c2cc(Nc3cc(CN4CCOCC4)n(C)n3)c(=O)[nH]n2)ccc(F)c1NC(=O)c1cc2ccccc2s1. The highest BCUT2D eigenvalue weighted by Crippen LogP contribution is 2.32. The number of amides is 1. The fourth-order valence-electron chi connectivity index (χ4n) is 4.86. The third-order valence-corrected chi connectivity index (χ3v) is 8.23. The number of halogens is 1. The number of carbonyl (C=O) groups is 1. The number of aryl methyl sites for hydroxylation is 1. The van der Waals surface area contributed by atoms with Crippen molar-refractivity contribution in [2.75, 3.05) is 36.9 Å². The first kappa shape index (κ1) is 26.8. The van der Waals surface area contributed by atoms with Crippen LogP contribution in [0.15, 0.2) is 59.4 Å². The molecule has 12 heteroatoms. The maximum Gasteiger partial charge on any atom is 0.287 e. The van der Waals surface area contributed by atoms with Crippen molar-refractivity contribution in [3.63, 3.8) is 0 Å². The number of benzene rings is 2. The van der Waals surface area contributed by atoms with Gasteiger partial charge in [-0.1, -0.05) is 18.2 Å². The van der Waals surface area contributed by atoms with Crippen molar-refractivity contribution in [1.29, 1.82) is 0 Å². The van der Waals surface area contributed by atoms with Crippen LogP contribution in [-0.2, 0) is 18.3 Å². The second kappa shape index (κ2) is 11.2. The molecule has 1 saturated heterocycles. The molecular weight excluding hydrogens is 545 g/mol. The maximum absolute atomic E-state index is 14.9. The normalized spacial score (nSPS) is 13.9. The molecule has 41 heavy (non-hydrogen) atoms. The molecule has 6 rings (SSSR count). The van der Waals surface area contributed by atoms with E-state index >= 15 is 0 Å². The molecule has 3 aromatic heterocycles. The summed E-state index contributed by atoms with van der Waals surface area (Å²) in [6.07, 6.45) is 0. The van der Waals surface area contributed by atoms with Gasteiger partial charge in [-0.3, -0.25) is 19.2 Å². The van der Waals surface area contributed by atoms with Crippen molar-refractivity contribution in [3.05, 3.63) is 86.9 Å². The van der Waals surface area contributed by atoms with Crippen LogP contribution in [0.3, 0.4) is 0 Å². The summed E-state index contributed by atoms with van der Waals surface area (Å²) in [4.78, 5) is 28.4. The summed E-state index contributed by atoms with van der Waals surface area (Å²) in [6, 6.07) is 15.8. The zero-order valence-corrected chi connectivity index (χ0v) is 23.3. The van der Waals surface area contributed by atoms with Crippen molar-refractivity contribution in [2.45, 2.75) is 13.5 Å². The van der Waals surface area contributed by atoms with Gasteiger partial charge in [-0.2, -0.15) is 10.2 Å². The molecule has 10 nitrogen and oxygen atoms in total. The zero-order valence-electron chi connectivity index (χ0n) is 22.5. The summed E-state index contributed by atoms with van der Waals surface area (Å²) in [5.41, 5.74) is 2.32. The van der Waals surface area contributed by atoms with E-state index in [4.69, 9.17) is 4.74 Å². The first-order chi connectivity index (χ1) is 19.9. The van der Waals surface area contributed by atoms with Crippen LogP contribution >= 0.6 is 11.3 Å². The lowest BCUT2D eigenvalue weighted by Crippen LogP contribution is -2.36. The minimum Gasteiger partial charge on any atom is -0.379 e. The Bertz CT molecular complexity index is 1770. The fraction of sp³-hybridized carbons (Fsp3) is 0.241. The molecule has 210 valence electrons. The molecule has 4 heterocycles. The van der Waals surface area contributed by atoms with E-state index in [1.165, 1.54) is 17.4 Å². The third kappa shape index (κ3) is 5.62. The van der Waals surface area contributed by atoms with Gasteiger partial charge in [0.15, 0.2) is 5.82 Å². The molecule has 1 fully saturated rings. The van der Waals surface area contributed by atoms with E-state index in [0.717, 1.165) is 35.4 Å². The summed E-state index contributed by atoms with van der Waals surface area (Å²) in [7, 11) is 1.86. The Morgan fingerprint density at radius 1 is 1.15 bits per heavy atom. The number of carbonyl (C=O) groups excluding carboxylic acids is 1. The highest BCUT2D eigenvalue weighted by molar-refractivity contribution is 7.20.